The molecule has 0 aliphatic carbocycles. The zero-order valence-corrected chi connectivity index (χ0v) is 15.1. The van der Waals surface area contributed by atoms with Crippen LogP contribution in [-0.2, 0) is 11.2 Å². The Labute approximate surface area is 150 Å². The van der Waals surface area contributed by atoms with Crippen LogP contribution in [0.3, 0.4) is 0 Å². The Morgan fingerprint density at radius 2 is 2.24 bits per heavy atom. The first-order valence-electron chi connectivity index (χ1n) is 8.39. The lowest BCUT2D eigenvalue weighted by atomic mass is 10.2. The summed E-state index contributed by atoms with van der Waals surface area (Å²) in [5.74, 6) is 1.21. The van der Waals surface area contributed by atoms with Crippen LogP contribution in [0.1, 0.15) is 31.2 Å². The second-order valence-electron chi connectivity index (χ2n) is 5.83. The quantitative estimate of drug-likeness (QED) is 0.482. The molecule has 0 saturated heterocycles. The summed E-state index contributed by atoms with van der Waals surface area (Å²) < 4.78 is 6.80. The summed E-state index contributed by atoms with van der Waals surface area (Å²) in [6.45, 7) is 6.08. The lowest BCUT2D eigenvalue weighted by Gasteiger charge is -2.07. The number of aryl methyl sites for hydroxylation is 1. The molecule has 2 N–H and O–H groups in total. The van der Waals surface area contributed by atoms with Gasteiger partial charge in [-0.25, -0.2) is 9.97 Å². The number of hydrogen-bond acceptors (Lipinski definition) is 6. The fourth-order valence-corrected chi connectivity index (χ4v) is 3.86. The summed E-state index contributed by atoms with van der Waals surface area (Å²) in [5.41, 5.74) is 7.69. The number of rotatable bonds is 8. The van der Waals surface area contributed by atoms with Gasteiger partial charge in [-0.15, -0.1) is 11.3 Å². The number of anilines is 1. The van der Waals surface area contributed by atoms with E-state index >= 15 is 0 Å². The van der Waals surface area contributed by atoms with Crippen molar-refractivity contribution in [1.82, 2.24) is 9.97 Å². The van der Waals surface area contributed by atoms with Gasteiger partial charge in [-0.1, -0.05) is 13.5 Å². The SMILES string of the molecule is C=CC(=O)CCCOc1ccc2c(c1)nc(N)c1nc(CCC)sc12. The number of pyridine rings is 1. The van der Waals surface area contributed by atoms with Crippen LogP contribution in [0.15, 0.2) is 30.9 Å². The number of thiazole rings is 1. The molecule has 0 unspecified atom stereocenters. The molecule has 0 atom stereocenters. The molecule has 1 aromatic carbocycles. The third-order valence-electron chi connectivity index (χ3n) is 3.90. The Morgan fingerprint density at radius 3 is 3.00 bits per heavy atom. The predicted molar refractivity (Wildman–Crippen MR) is 103 cm³/mol. The van der Waals surface area contributed by atoms with Crippen molar-refractivity contribution >= 4 is 44.1 Å². The second kappa shape index (κ2) is 7.61. The molecule has 0 aliphatic heterocycles. The average molecular weight is 355 g/mol. The molecule has 0 spiro atoms. The molecule has 130 valence electrons. The van der Waals surface area contributed by atoms with E-state index in [1.165, 1.54) is 6.08 Å². The van der Waals surface area contributed by atoms with E-state index in [-0.39, 0.29) is 5.78 Å². The maximum atomic E-state index is 11.2. The Morgan fingerprint density at radius 1 is 1.40 bits per heavy atom. The van der Waals surface area contributed by atoms with E-state index < -0.39 is 0 Å². The van der Waals surface area contributed by atoms with Crippen LogP contribution in [0.2, 0.25) is 0 Å². The third kappa shape index (κ3) is 3.79. The minimum Gasteiger partial charge on any atom is -0.494 e. The number of benzene rings is 1. The van der Waals surface area contributed by atoms with E-state index in [0.717, 1.165) is 44.7 Å². The number of carbonyl (C=O) groups is 1. The summed E-state index contributed by atoms with van der Waals surface area (Å²) in [6.07, 6.45) is 4.45. The first-order valence-corrected chi connectivity index (χ1v) is 9.20. The third-order valence-corrected chi connectivity index (χ3v) is 5.05. The van der Waals surface area contributed by atoms with Gasteiger partial charge in [0.2, 0.25) is 0 Å². The fraction of sp³-hybridized carbons (Fsp3) is 0.316. The molecule has 2 aromatic heterocycles. The summed E-state index contributed by atoms with van der Waals surface area (Å²) in [4.78, 5) is 20.3. The summed E-state index contributed by atoms with van der Waals surface area (Å²) in [5, 5.41) is 2.13. The van der Waals surface area contributed by atoms with Crippen LogP contribution in [0.5, 0.6) is 5.75 Å². The molecule has 0 aliphatic rings. The molecule has 3 rings (SSSR count). The number of carbonyl (C=O) groups excluding carboxylic acids is 1. The minimum atomic E-state index is 0.0343. The van der Waals surface area contributed by atoms with Crippen LogP contribution >= 0.6 is 11.3 Å². The van der Waals surface area contributed by atoms with Crippen LogP contribution in [0.25, 0.3) is 21.1 Å². The van der Waals surface area contributed by atoms with Gasteiger partial charge in [0.15, 0.2) is 11.6 Å². The Bertz CT molecular complexity index is 933. The van der Waals surface area contributed by atoms with Gasteiger partial charge in [0, 0.05) is 17.9 Å². The molecule has 3 aromatic rings. The van der Waals surface area contributed by atoms with Gasteiger partial charge in [-0.2, -0.15) is 0 Å². The number of nitrogens with zero attached hydrogens (tertiary/aromatic N) is 2. The Hall–Kier alpha value is -2.47. The second-order valence-corrected chi connectivity index (χ2v) is 6.92. The van der Waals surface area contributed by atoms with Crippen LogP contribution in [-0.4, -0.2) is 22.4 Å². The van der Waals surface area contributed by atoms with Crippen molar-refractivity contribution < 1.29 is 9.53 Å². The molecule has 0 bridgehead atoms. The van der Waals surface area contributed by atoms with Gasteiger partial charge in [-0.05, 0) is 37.5 Å². The number of ketones is 1. The van der Waals surface area contributed by atoms with E-state index in [9.17, 15) is 4.79 Å². The maximum absolute atomic E-state index is 11.2. The standard InChI is InChI=1S/C19H21N3O2S/c1-3-6-16-22-17-18(25-16)14-9-8-13(11-15(14)21-19(17)20)24-10-5-7-12(23)4-2/h4,8-9,11H,2-3,5-7,10H2,1H3,(H2,20,21). The van der Waals surface area contributed by atoms with E-state index in [1.807, 2.05) is 18.2 Å². The summed E-state index contributed by atoms with van der Waals surface area (Å²) in [7, 11) is 0. The number of ether oxygens (including phenoxy) is 1. The van der Waals surface area contributed by atoms with Crippen molar-refractivity contribution in [1.29, 1.82) is 0 Å². The zero-order chi connectivity index (χ0) is 17.8. The highest BCUT2D eigenvalue weighted by atomic mass is 32.1. The number of aromatic nitrogens is 2. The largest absolute Gasteiger partial charge is 0.494 e. The highest BCUT2D eigenvalue weighted by molar-refractivity contribution is 7.19. The van der Waals surface area contributed by atoms with Crippen molar-refractivity contribution in [3.63, 3.8) is 0 Å². The molecular weight excluding hydrogens is 334 g/mol. The van der Waals surface area contributed by atoms with Gasteiger partial charge in [0.1, 0.15) is 11.3 Å². The Kier molecular flexibility index (Phi) is 5.28. The van der Waals surface area contributed by atoms with E-state index in [2.05, 4.69) is 23.5 Å². The highest BCUT2D eigenvalue weighted by Gasteiger charge is 2.12. The van der Waals surface area contributed by atoms with E-state index in [1.54, 1.807) is 11.3 Å². The molecule has 0 radical (unpaired) electrons. The topological polar surface area (TPSA) is 78.1 Å². The van der Waals surface area contributed by atoms with Crippen LogP contribution < -0.4 is 10.5 Å². The van der Waals surface area contributed by atoms with Gasteiger partial charge >= 0.3 is 0 Å². The number of allylic oxidation sites excluding steroid dienone is 1. The first-order chi connectivity index (χ1) is 12.1. The van der Waals surface area contributed by atoms with Gasteiger partial charge in [-0.3, -0.25) is 4.79 Å². The summed E-state index contributed by atoms with van der Waals surface area (Å²) in [6, 6.07) is 5.82. The zero-order valence-electron chi connectivity index (χ0n) is 14.2. The van der Waals surface area contributed by atoms with Crippen molar-refractivity contribution in [3.05, 3.63) is 35.9 Å². The number of fused-ring (bicyclic) bond motifs is 3. The first kappa shape index (κ1) is 17.4. The minimum absolute atomic E-state index is 0.0343. The van der Waals surface area contributed by atoms with E-state index in [0.29, 0.717) is 25.3 Å². The average Bonchev–Trinajstić information content (AvgIpc) is 3.03. The van der Waals surface area contributed by atoms with Crippen LogP contribution in [0.4, 0.5) is 5.82 Å². The lowest BCUT2D eigenvalue weighted by molar-refractivity contribution is -0.114. The van der Waals surface area contributed by atoms with Crippen molar-refractivity contribution in [3.8, 4) is 5.75 Å². The highest BCUT2D eigenvalue weighted by Crippen LogP contribution is 2.34. The fourth-order valence-electron chi connectivity index (χ4n) is 2.65. The molecular formula is C19H21N3O2S. The summed E-state index contributed by atoms with van der Waals surface area (Å²) >= 11 is 1.68. The molecule has 25 heavy (non-hydrogen) atoms. The maximum Gasteiger partial charge on any atom is 0.155 e. The predicted octanol–water partition coefficient (Wildman–Crippen LogP) is 4.29. The van der Waals surface area contributed by atoms with E-state index in [4.69, 9.17) is 10.5 Å². The molecule has 5 nitrogen and oxygen atoms in total. The number of nitrogens with two attached hydrogens (primary N) is 1. The lowest BCUT2D eigenvalue weighted by Crippen LogP contribution is -2.01. The molecule has 6 heteroatoms. The molecule has 0 saturated carbocycles. The van der Waals surface area contributed by atoms with Crippen LogP contribution in [0, 0.1) is 0 Å². The van der Waals surface area contributed by atoms with Crippen molar-refractivity contribution in [2.75, 3.05) is 12.3 Å². The van der Waals surface area contributed by atoms with Crippen molar-refractivity contribution in [2.45, 2.75) is 32.6 Å². The van der Waals surface area contributed by atoms with Crippen molar-refractivity contribution in [2.24, 2.45) is 0 Å². The monoisotopic (exact) mass is 355 g/mol. The normalized spacial score (nSPS) is 11.1. The Balaban J connectivity index is 1.84. The molecule has 2 heterocycles. The smallest absolute Gasteiger partial charge is 0.155 e. The number of hydrogen-bond donors (Lipinski definition) is 1. The molecule has 0 amide bonds. The van der Waals surface area contributed by atoms with Gasteiger partial charge in [0.25, 0.3) is 0 Å². The number of nitrogen functional groups attached to an aromatic ring is 1. The van der Waals surface area contributed by atoms with Gasteiger partial charge < -0.3 is 10.5 Å². The van der Waals surface area contributed by atoms with Gasteiger partial charge in [0.05, 0.1) is 21.8 Å². The molecule has 0 fully saturated rings.